The molecule has 1 atom stereocenters. The van der Waals surface area contributed by atoms with Gasteiger partial charge in [0.2, 0.25) is 0 Å². The number of benzene rings is 1. The second kappa shape index (κ2) is 7.02. The third-order valence-electron chi connectivity index (χ3n) is 4.86. The lowest BCUT2D eigenvalue weighted by Gasteiger charge is -2.33. The molecule has 136 valence electrons. The first-order chi connectivity index (χ1) is 12.5. The fraction of sp³-hybridized carbons (Fsp3) is 0.368. The highest BCUT2D eigenvalue weighted by molar-refractivity contribution is 7.20. The lowest BCUT2D eigenvalue weighted by Crippen LogP contribution is -2.52. The molecule has 5 nitrogen and oxygen atoms in total. The van der Waals surface area contributed by atoms with Gasteiger partial charge in [-0.2, -0.15) is 5.10 Å². The maximum Gasteiger partial charge on any atom is 0.264 e. The highest BCUT2D eigenvalue weighted by Crippen LogP contribution is 2.30. The van der Waals surface area contributed by atoms with E-state index < -0.39 is 0 Å². The maximum atomic E-state index is 13.0. The summed E-state index contributed by atoms with van der Waals surface area (Å²) in [6.45, 7) is 7.11. The number of hydrogen-bond donors (Lipinski definition) is 1. The van der Waals surface area contributed by atoms with Crippen molar-refractivity contribution in [3.63, 3.8) is 0 Å². The molecule has 3 heterocycles. The van der Waals surface area contributed by atoms with E-state index in [0.717, 1.165) is 51.0 Å². The van der Waals surface area contributed by atoms with Crippen molar-refractivity contribution < 1.29 is 4.79 Å². The van der Waals surface area contributed by atoms with E-state index >= 15 is 0 Å². The van der Waals surface area contributed by atoms with Crippen molar-refractivity contribution in [2.75, 3.05) is 19.6 Å². The highest BCUT2D eigenvalue weighted by Gasteiger charge is 2.26. The van der Waals surface area contributed by atoms with Crippen LogP contribution in [-0.2, 0) is 6.54 Å². The number of rotatable bonds is 3. The molecule has 4 rings (SSSR count). The molecule has 3 aromatic rings. The van der Waals surface area contributed by atoms with E-state index in [4.69, 9.17) is 11.6 Å². The predicted molar refractivity (Wildman–Crippen MR) is 106 cm³/mol. The molecule has 7 heteroatoms. The number of fused-ring (bicyclic) bond motifs is 1. The van der Waals surface area contributed by atoms with Crippen molar-refractivity contribution in [1.82, 2.24) is 20.0 Å². The third-order valence-corrected chi connectivity index (χ3v) is 6.36. The number of halogens is 1. The zero-order valence-electron chi connectivity index (χ0n) is 14.8. The Bertz CT molecular complexity index is 964. The van der Waals surface area contributed by atoms with Crippen LogP contribution in [0.15, 0.2) is 30.3 Å². The Morgan fingerprint density at radius 2 is 2.23 bits per heavy atom. The fourth-order valence-corrected chi connectivity index (χ4v) is 4.71. The Balaban J connectivity index is 1.67. The first-order valence-corrected chi connectivity index (χ1v) is 9.96. The van der Waals surface area contributed by atoms with Gasteiger partial charge >= 0.3 is 0 Å². The van der Waals surface area contributed by atoms with Crippen molar-refractivity contribution in [2.24, 2.45) is 0 Å². The zero-order chi connectivity index (χ0) is 18.3. The van der Waals surface area contributed by atoms with Crippen LogP contribution in [0.25, 0.3) is 10.2 Å². The largest absolute Gasteiger partial charge is 0.333 e. The fourth-order valence-electron chi connectivity index (χ4n) is 3.40. The molecular formula is C19H21ClN4OS. The summed E-state index contributed by atoms with van der Waals surface area (Å²) in [6.07, 6.45) is 0. The van der Waals surface area contributed by atoms with Crippen LogP contribution in [0, 0.1) is 6.92 Å². The van der Waals surface area contributed by atoms with E-state index in [9.17, 15) is 4.79 Å². The molecule has 1 saturated heterocycles. The average molecular weight is 389 g/mol. The molecule has 1 fully saturated rings. The number of carbonyl (C=O) groups excluding carboxylic acids is 1. The summed E-state index contributed by atoms with van der Waals surface area (Å²) in [7, 11) is 0. The van der Waals surface area contributed by atoms with Gasteiger partial charge in [0.15, 0.2) is 0 Å². The van der Waals surface area contributed by atoms with Crippen LogP contribution in [-0.4, -0.2) is 46.3 Å². The number of hydrogen-bond acceptors (Lipinski definition) is 4. The van der Waals surface area contributed by atoms with Gasteiger partial charge < -0.3 is 10.2 Å². The SMILES string of the molecule is Cc1nn(Cc2ccccc2Cl)c2sc(C(=O)N3CCNC[C@H]3C)cc12. The normalized spacial score (nSPS) is 17.8. The van der Waals surface area contributed by atoms with Gasteiger partial charge in [0.05, 0.1) is 17.1 Å². The van der Waals surface area contributed by atoms with E-state index in [1.807, 2.05) is 46.8 Å². The molecule has 2 aromatic heterocycles. The van der Waals surface area contributed by atoms with Gasteiger partial charge in [0, 0.05) is 36.1 Å². The van der Waals surface area contributed by atoms with Crippen LogP contribution in [0.4, 0.5) is 0 Å². The Hall–Kier alpha value is -1.89. The van der Waals surface area contributed by atoms with E-state index in [2.05, 4.69) is 17.3 Å². The third kappa shape index (κ3) is 3.13. The first kappa shape index (κ1) is 17.5. The van der Waals surface area contributed by atoms with Crippen molar-refractivity contribution in [3.05, 3.63) is 51.5 Å². The van der Waals surface area contributed by atoms with E-state index in [0.29, 0.717) is 6.54 Å². The van der Waals surface area contributed by atoms with Crippen molar-refractivity contribution in [2.45, 2.75) is 26.4 Å². The molecular weight excluding hydrogens is 368 g/mol. The quantitative estimate of drug-likeness (QED) is 0.746. The molecule has 0 unspecified atom stereocenters. The van der Waals surface area contributed by atoms with Crippen LogP contribution in [0.3, 0.4) is 0 Å². The molecule has 1 N–H and O–H groups in total. The van der Waals surface area contributed by atoms with Crippen molar-refractivity contribution in [1.29, 1.82) is 0 Å². The van der Waals surface area contributed by atoms with E-state index in [-0.39, 0.29) is 11.9 Å². The molecule has 0 radical (unpaired) electrons. The Kier molecular flexibility index (Phi) is 4.73. The summed E-state index contributed by atoms with van der Waals surface area (Å²) in [6, 6.07) is 9.99. The molecule has 26 heavy (non-hydrogen) atoms. The Labute approximate surface area is 161 Å². The molecule has 0 aliphatic carbocycles. The molecule has 1 aromatic carbocycles. The first-order valence-electron chi connectivity index (χ1n) is 8.76. The van der Waals surface area contributed by atoms with Crippen LogP contribution in [0.5, 0.6) is 0 Å². The molecule has 1 aliphatic rings. The van der Waals surface area contributed by atoms with Crippen LogP contribution >= 0.6 is 22.9 Å². The lowest BCUT2D eigenvalue weighted by molar-refractivity contribution is 0.0661. The van der Waals surface area contributed by atoms with Gasteiger partial charge in [-0.15, -0.1) is 11.3 Å². The van der Waals surface area contributed by atoms with Gasteiger partial charge in [0.1, 0.15) is 4.83 Å². The summed E-state index contributed by atoms with van der Waals surface area (Å²) in [5, 5.41) is 9.76. The second-order valence-corrected chi connectivity index (χ2v) is 8.15. The number of nitrogens with one attached hydrogen (secondary N) is 1. The van der Waals surface area contributed by atoms with E-state index in [1.54, 1.807) is 0 Å². The monoisotopic (exact) mass is 388 g/mol. The summed E-state index contributed by atoms with van der Waals surface area (Å²) < 4.78 is 1.95. The molecule has 1 aliphatic heterocycles. The number of thiophene rings is 1. The van der Waals surface area contributed by atoms with Crippen LogP contribution in [0.2, 0.25) is 5.02 Å². The number of piperazine rings is 1. The van der Waals surface area contributed by atoms with Gasteiger partial charge in [-0.05, 0) is 31.5 Å². The summed E-state index contributed by atoms with van der Waals surface area (Å²) in [4.78, 5) is 16.7. The molecule has 1 amide bonds. The van der Waals surface area contributed by atoms with Gasteiger partial charge in [0.25, 0.3) is 5.91 Å². The predicted octanol–water partition coefficient (Wildman–Crippen LogP) is 3.54. The number of amides is 1. The lowest BCUT2D eigenvalue weighted by atomic mass is 10.2. The minimum absolute atomic E-state index is 0.115. The smallest absolute Gasteiger partial charge is 0.264 e. The average Bonchev–Trinajstić information content (AvgIpc) is 3.18. The molecule has 0 bridgehead atoms. The summed E-state index contributed by atoms with van der Waals surface area (Å²) in [5.41, 5.74) is 1.96. The number of nitrogens with zero attached hydrogens (tertiary/aromatic N) is 3. The number of aromatic nitrogens is 2. The van der Waals surface area contributed by atoms with Crippen LogP contribution in [0.1, 0.15) is 27.9 Å². The summed E-state index contributed by atoms with van der Waals surface area (Å²) in [5.74, 6) is 0.115. The minimum atomic E-state index is 0.115. The zero-order valence-corrected chi connectivity index (χ0v) is 16.4. The number of aryl methyl sites for hydroxylation is 1. The standard InChI is InChI=1S/C19H21ClN4OS/c1-12-10-21-7-8-23(12)18(25)17-9-15-13(2)22-24(19(15)26-17)11-14-5-3-4-6-16(14)20/h3-6,9,12,21H,7-8,10-11H2,1-2H3/t12-/m1/s1. The van der Waals surface area contributed by atoms with Gasteiger partial charge in [-0.25, -0.2) is 0 Å². The van der Waals surface area contributed by atoms with E-state index in [1.165, 1.54) is 11.3 Å². The highest BCUT2D eigenvalue weighted by atomic mass is 35.5. The second-order valence-electron chi connectivity index (χ2n) is 6.72. The Morgan fingerprint density at radius 3 is 3.00 bits per heavy atom. The van der Waals surface area contributed by atoms with Gasteiger partial charge in [-0.3, -0.25) is 9.48 Å². The van der Waals surface area contributed by atoms with Crippen LogP contribution < -0.4 is 5.32 Å². The van der Waals surface area contributed by atoms with Gasteiger partial charge in [-0.1, -0.05) is 29.8 Å². The minimum Gasteiger partial charge on any atom is -0.333 e. The number of carbonyl (C=O) groups is 1. The summed E-state index contributed by atoms with van der Waals surface area (Å²) >= 11 is 7.82. The molecule has 0 saturated carbocycles. The topological polar surface area (TPSA) is 50.2 Å². The van der Waals surface area contributed by atoms with Crippen molar-refractivity contribution in [3.8, 4) is 0 Å². The van der Waals surface area contributed by atoms with Crippen molar-refractivity contribution >= 4 is 39.1 Å². The molecule has 0 spiro atoms. The maximum absolute atomic E-state index is 13.0. The Morgan fingerprint density at radius 1 is 1.42 bits per heavy atom.